The number of ether oxygens (including phenoxy) is 1. The molecule has 7 nitrogen and oxygen atoms in total. The summed E-state index contributed by atoms with van der Waals surface area (Å²) in [6.45, 7) is 3.56. The zero-order valence-electron chi connectivity index (χ0n) is 17.1. The average molecular weight is 528 g/mol. The normalized spacial score (nSPS) is 19.4. The van der Waals surface area contributed by atoms with Gasteiger partial charge < -0.3 is 14.7 Å². The van der Waals surface area contributed by atoms with Crippen LogP contribution in [0.25, 0.3) is 0 Å². The molecule has 1 unspecified atom stereocenters. The van der Waals surface area contributed by atoms with Gasteiger partial charge in [0.15, 0.2) is 5.78 Å². The lowest BCUT2D eigenvalue weighted by Crippen LogP contribution is -2.48. The molecule has 0 bridgehead atoms. The van der Waals surface area contributed by atoms with Crippen molar-refractivity contribution in [1.29, 1.82) is 0 Å². The molecule has 2 aliphatic rings. The molecule has 1 N–H and O–H groups in total. The van der Waals surface area contributed by atoms with Gasteiger partial charge >= 0.3 is 5.97 Å². The summed E-state index contributed by atoms with van der Waals surface area (Å²) in [6.07, 6.45) is 2.15. The van der Waals surface area contributed by atoms with Gasteiger partial charge in [-0.05, 0) is 59.5 Å². The summed E-state index contributed by atoms with van der Waals surface area (Å²) in [4.78, 5) is 40.8. The average Bonchev–Trinajstić information content (AvgIpc) is 2.76. The first-order valence-electron chi connectivity index (χ1n) is 10.5. The van der Waals surface area contributed by atoms with Gasteiger partial charge in [-0.1, -0.05) is 12.1 Å². The highest BCUT2D eigenvalue weighted by atomic mass is 127. The van der Waals surface area contributed by atoms with Gasteiger partial charge in [0, 0.05) is 42.6 Å². The lowest BCUT2D eigenvalue weighted by atomic mass is 9.95. The molecule has 1 amide bonds. The first-order chi connectivity index (χ1) is 14.4. The van der Waals surface area contributed by atoms with E-state index in [1.807, 2.05) is 24.3 Å². The number of morpholine rings is 1. The topological polar surface area (TPSA) is 87.2 Å². The predicted molar refractivity (Wildman–Crippen MR) is 120 cm³/mol. The van der Waals surface area contributed by atoms with Crippen LogP contribution in [0.3, 0.4) is 0 Å². The summed E-state index contributed by atoms with van der Waals surface area (Å²) in [5, 5.41) is 9.12. The monoisotopic (exact) mass is 528 g/mol. The molecule has 0 aromatic heterocycles. The van der Waals surface area contributed by atoms with E-state index in [0.717, 1.165) is 9.13 Å². The number of hydrogen-bond donors (Lipinski definition) is 1. The third-order valence-corrected chi connectivity index (χ3v) is 6.70. The Balaban J connectivity index is 1.58. The number of rotatable bonds is 8. The molecule has 2 heterocycles. The number of halogens is 1. The van der Waals surface area contributed by atoms with Gasteiger partial charge in [-0.15, -0.1) is 0 Å². The Bertz CT molecular complexity index is 740. The number of hydrogen-bond acceptors (Lipinski definition) is 5. The fraction of sp³-hybridized carbons (Fsp3) is 0.591. The molecule has 1 aromatic rings. The van der Waals surface area contributed by atoms with Crippen LogP contribution in [-0.4, -0.2) is 78.0 Å². The number of piperidine rings is 1. The number of benzene rings is 1. The molecular formula is C22H29IN2O5. The molecule has 2 fully saturated rings. The van der Waals surface area contributed by atoms with Gasteiger partial charge in [0.05, 0.1) is 25.2 Å². The zero-order chi connectivity index (χ0) is 21.5. The molecule has 0 spiro atoms. The Labute approximate surface area is 190 Å². The molecule has 0 radical (unpaired) electrons. The standard InChI is InChI=1S/C22H29IN2O5/c23-18-3-1-16(2-4-18)15-20(26)19(24-11-13-30-14-12-24)5-6-21(27)25-9-7-17(8-10-25)22(28)29/h1-4,17,19H,5-15H2,(H,28,29). The van der Waals surface area contributed by atoms with Crippen LogP contribution in [0.15, 0.2) is 24.3 Å². The first kappa shape index (κ1) is 23.1. The maximum atomic E-state index is 13.1. The van der Waals surface area contributed by atoms with Crippen molar-refractivity contribution in [2.75, 3.05) is 39.4 Å². The van der Waals surface area contributed by atoms with Gasteiger partial charge in [-0.2, -0.15) is 0 Å². The Morgan fingerprint density at radius 3 is 2.30 bits per heavy atom. The molecule has 3 rings (SSSR count). The Morgan fingerprint density at radius 2 is 1.70 bits per heavy atom. The molecule has 0 aliphatic carbocycles. The van der Waals surface area contributed by atoms with Crippen molar-refractivity contribution in [3.05, 3.63) is 33.4 Å². The van der Waals surface area contributed by atoms with Crippen LogP contribution < -0.4 is 0 Å². The van der Waals surface area contributed by atoms with Crippen LogP contribution in [0, 0.1) is 9.49 Å². The molecule has 1 atom stereocenters. The minimum absolute atomic E-state index is 0.0131. The second-order valence-electron chi connectivity index (χ2n) is 7.97. The third-order valence-electron chi connectivity index (χ3n) is 5.98. The summed E-state index contributed by atoms with van der Waals surface area (Å²) in [5.41, 5.74) is 0.987. The molecule has 1 aromatic carbocycles. The number of carboxylic acids is 1. The molecule has 0 saturated carbocycles. The maximum Gasteiger partial charge on any atom is 0.306 e. The van der Waals surface area contributed by atoms with E-state index in [1.165, 1.54) is 0 Å². The Hall–Kier alpha value is -1.52. The molecule has 2 aliphatic heterocycles. The highest BCUT2D eigenvalue weighted by Gasteiger charge is 2.30. The number of ketones is 1. The Kier molecular flexibility index (Phi) is 8.64. The minimum atomic E-state index is -0.782. The number of likely N-dealkylation sites (tertiary alicyclic amines) is 1. The van der Waals surface area contributed by atoms with Crippen LogP contribution in [0.5, 0.6) is 0 Å². The summed E-state index contributed by atoms with van der Waals surface area (Å²) >= 11 is 2.24. The van der Waals surface area contributed by atoms with Gasteiger partial charge in [-0.25, -0.2) is 0 Å². The lowest BCUT2D eigenvalue weighted by Gasteiger charge is -2.34. The predicted octanol–water partition coefficient (Wildman–Crippen LogP) is 2.21. The summed E-state index contributed by atoms with van der Waals surface area (Å²) in [6, 6.07) is 7.66. The lowest BCUT2D eigenvalue weighted by molar-refractivity contribution is -0.146. The van der Waals surface area contributed by atoms with E-state index in [4.69, 9.17) is 9.84 Å². The SMILES string of the molecule is O=C(O)C1CCN(C(=O)CCC(C(=O)Cc2ccc(I)cc2)N2CCOCC2)CC1. The third kappa shape index (κ3) is 6.49. The van der Waals surface area contributed by atoms with Crippen molar-refractivity contribution in [1.82, 2.24) is 9.80 Å². The second-order valence-corrected chi connectivity index (χ2v) is 9.21. The number of carbonyl (C=O) groups is 3. The number of aliphatic carboxylic acids is 1. The smallest absolute Gasteiger partial charge is 0.306 e. The van der Waals surface area contributed by atoms with Crippen LogP contribution in [0.4, 0.5) is 0 Å². The van der Waals surface area contributed by atoms with E-state index < -0.39 is 5.97 Å². The highest BCUT2D eigenvalue weighted by Crippen LogP contribution is 2.20. The number of nitrogens with zero attached hydrogens (tertiary/aromatic N) is 2. The molecular weight excluding hydrogens is 499 g/mol. The van der Waals surface area contributed by atoms with Crippen molar-refractivity contribution in [3.63, 3.8) is 0 Å². The van der Waals surface area contributed by atoms with Gasteiger partial charge in [0.2, 0.25) is 5.91 Å². The van der Waals surface area contributed by atoms with Crippen LogP contribution in [-0.2, 0) is 25.5 Å². The number of Topliss-reactive ketones (excluding diaryl/α,β-unsaturated/α-hetero) is 1. The quantitative estimate of drug-likeness (QED) is 0.521. The molecule has 164 valence electrons. The van der Waals surface area contributed by atoms with Crippen LogP contribution >= 0.6 is 22.6 Å². The van der Waals surface area contributed by atoms with Gasteiger partial charge in [-0.3, -0.25) is 19.3 Å². The van der Waals surface area contributed by atoms with Gasteiger partial charge in [0.1, 0.15) is 0 Å². The number of carboxylic acid groups (broad SMARTS) is 1. The number of carbonyl (C=O) groups excluding carboxylic acids is 2. The van der Waals surface area contributed by atoms with E-state index in [-0.39, 0.29) is 23.7 Å². The van der Waals surface area contributed by atoms with Gasteiger partial charge in [0.25, 0.3) is 0 Å². The van der Waals surface area contributed by atoms with Crippen molar-refractivity contribution in [3.8, 4) is 0 Å². The van der Waals surface area contributed by atoms with Crippen LogP contribution in [0.1, 0.15) is 31.2 Å². The second kappa shape index (κ2) is 11.2. The Morgan fingerprint density at radius 1 is 1.07 bits per heavy atom. The van der Waals surface area contributed by atoms with Crippen LogP contribution in [0.2, 0.25) is 0 Å². The van der Waals surface area contributed by atoms with Crippen molar-refractivity contribution < 1.29 is 24.2 Å². The fourth-order valence-corrected chi connectivity index (χ4v) is 4.51. The summed E-state index contributed by atoms with van der Waals surface area (Å²) in [5.74, 6) is -0.990. The van der Waals surface area contributed by atoms with E-state index >= 15 is 0 Å². The number of amides is 1. The summed E-state index contributed by atoms with van der Waals surface area (Å²) < 4.78 is 6.56. The maximum absolute atomic E-state index is 13.1. The highest BCUT2D eigenvalue weighted by molar-refractivity contribution is 14.1. The van der Waals surface area contributed by atoms with E-state index in [9.17, 15) is 14.4 Å². The van der Waals surface area contributed by atoms with Crippen molar-refractivity contribution >= 4 is 40.3 Å². The first-order valence-corrected chi connectivity index (χ1v) is 11.6. The van der Waals surface area contributed by atoms with E-state index in [1.54, 1.807) is 4.90 Å². The zero-order valence-corrected chi connectivity index (χ0v) is 19.3. The largest absolute Gasteiger partial charge is 0.481 e. The molecule has 30 heavy (non-hydrogen) atoms. The van der Waals surface area contributed by atoms with Crippen molar-refractivity contribution in [2.24, 2.45) is 5.92 Å². The molecule has 2 saturated heterocycles. The molecule has 8 heteroatoms. The summed E-state index contributed by atoms with van der Waals surface area (Å²) in [7, 11) is 0. The fourth-order valence-electron chi connectivity index (χ4n) is 4.15. The van der Waals surface area contributed by atoms with E-state index in [0.29, 0.717) is 71.5 Å². The minimum Gasteiger partial charge on any atom is -0.481 e. The van der Waals surface area contributed by atoms with E-state index in [2.05, 4.69) is 27.5 Å². The van der Waals surface area contributed by atoms with Crippen molar-refractivity contribution in [2.45, 2.75) is 38.1 Å².